The molecule has 0 atom stereocenters. The molecule has 0 unspecified atom stereocenters. The number of nitrogens with zero attached hydrogens (tertiary/aromatic N) is 3. The fraction of sp³-hybridized carbons (Fsp3) is 0.136. The second-order valence-corrected chi connectivity index (χ2v) is 7.16. The average molecular weight is 420 g/mol. The van der Waals surface area contributed by atoms with Gasteiger partial charge in [0.05, 0.1) is 24.3 Å². The van der Waals surface area contributed by atoms with E-state index in [0.717, 1.165) is 5.69 Å². The normalized spacial score (nSPS) is 10.7. The molecule has 0 radical (unpaired) electrons. The molecule has 4 aromatic rings. The van der Waals surface area contributed by atoms with E-state index in [-0.39, 0.29) is 11.7 Å². The van der Waals surface area contributed by atoms with Crippen LogP contribution in [0, 0.1) is 0 Å². The Labute approximate surface area is 178 Å². The van der Waals surface area contributed by atoms with E-state index in [2.05, 4.69) is 15.5 Å². The van der Waals surface area contributed by atoms with Gasteiger partial charge in [0.15, 0.2) is 10.9 Å². The number of para-hydroxylation sites is 3. The lowest BCUT2D eigenvalue weighted by molar-refractivity contribution is -0.113. The van der Waals surface area contributed by atoms with Crippen LogP contribution in [0.3, 0.4) is 0 Å². The molecule has 152 valence electrons. The van der Waals surface area contributed by atoms with Crippen molar-refractivity contribution >= 4 is 23.4 Å². The van der Waals surface area contributed by atoms with E-state index in [9.17, 15) is 4.79 Å². The Morgan fingerprint density at radius 3 is 2.63 bits per heavy atom. The number of hydrogen-bond donors (Lipinski definition) is 1. The van der Waals surface area contributed by atoms with Gasteiger partial charge in [-0.1, -0.05) is 42.1 Å². The molecule has 8 heteroatoms. The number of ether oxygens (including phenoxy) is 1. The lowest BCUT2D eigenvalue weighted by Crippen LogP contribution is -2.15. The molecule has 2 aromatic heterocycles. The Morgan fingerprint density at radius 2 is 1.87 bits per heavy atom. The van der Waals surface area contributed by atoms with Gasteiger partial charge in [-0.05, 0) is 43.3 Å². The highest BCUT2D eigenvalue weighted by molar-refractivity contribution is 7.99. The maximum atomic E-state index is 12.6. The van der Waals surface area contributed by atoms with E-state index in [1.54, 1.807) is 12.3 Å². The first-order valence-corrected chi connectivity index (χ1v) is 10.4. The number of rotatable bonds is 8. The summed E-state index contributed by atoms with van der Waals surface area (Å²) in [7, 11) is 0. The zero-order chi connectivity index (χ0) is 20.8. The monoisotopic (exact) mass is 420 g/mol. The van der Waals surface area contributed by atoms with Gasteiger partial charge in [0.25, 0.3) is 0 Å². The zero-order valence-corrected chi connectivity index (χ0v) is 17.1. The standard InChI is InChI=1S/C22H20N4O3S/c1-2-28-18-12-7-6-11-17(18)23-20(27)15-30-22-25-24-21(19-13-8-14-29-19)26(22)16-9-4-3-5-10-16/h3-14H,2,15H2,1H3,(H,23,27). The molecule has 1 N–H and O–H groups in total. The molecule has 0 saturated heterocycles. The van der Waals surface area contributed by atoms with Gasteiger partial charge in [-0.2, -0.15) is 0 Å². The Morgan fingerprint density at radius 1 is 1.07 bits per heavy atom. The van der Waals surface area contributed by atoms with Gasteiger partial charge < -0.3 is 14.5 Å². The molecule has 2 heterocycles. The van der Waals surface area contributed by atoms with Gasteiger partial charge in [-0.3, -0.25) is 9.36 Å². The predicted octanol–water partition coefficient (Wildman–Crippen LogP) is 4.66. The van der Waals surface area contributed by atoms with E-state index in [1.165, 1.54) is 11.8 Å². The molecule has 0 aliphatic heterocycles. The van der Waals surface area contributed by atoms with Crippen molar-refractivity contribution in [2.45, 2.75) is 12.1 Å². The molecule has 1 amide bonds. The van der Waals surface area contributed by atoms with Crippen LogP contribution >= 0.6 is 11.8 Å². The van der Waals surface area contributed by atoms with Gasteiger partial charge in [0.2, 0.25) is 11.7 Å². The highest BCUT2D eigenvalue weighted by atomic mass is 32.2. The van der Waals surface area contributed by atoms with Gasteiger partial charge in [0.1, 0.15) is 5.75 Å². The van der Waals surface area contributed by atoms with Crippen molar-refractivity contribution in [3.63, 3.8) is 0 Å². The van der Waals surface area contributed by atoms with Crippen LogP contribution in [-0.2, 0) is 4.79 Å². The first-order valence-electron chi connectivity index (χ1n) is 9.45. The number of nitrogens with one attached hydrogen (secondary N) is 1. The number of carbonyl (C=O) groups is 1. The fourth-order valence-electron chi connectivity index (χ4n) is 2.91. The van der Waals surface area contributed by atoms with Crippen LogP contribution in [0.15, 0.2) is 82.6 Å². The Bertz CT molecular complexity index is 1110. The number of aromatic nitrogens is 3. The summed E-state index contributed by atoms with van der Waals surface area (Å²) in [6.07, 6.45) is 1.59. The summed E-state index contributed by atoms with van der Waals surface area (Å²) < 4.78 is 13.0. The minimum Gasteiger partial charge on any atom is -0.492 e. The Hall–Kier alpha value is -3.52. The molecular formula is C22H20N4O3S. The highest BCUT2D eigenvalue weighted by Crippen LogP contribution is 2.29. The molecule has 7 nitrogen and oxygen atoms in total. The number of furan rings is 1. The third-order valence-electron chi connectivity index (χ3n) is 4.18. The van der Waals surface area contributed by atoms with Crippen LogP contribution in [0.4, 0.5) is 5.69 Å². The Kier molecular flexibility index (Phi) is 6.14. The molecule has 2 aromatic carbocycles. The molecule has 0 bridgehead atoms. The molecule has 4 rings (SSSR count). The smallest absolute Gasteiger partial charge is 0.234 e. The van der Waals surface area contributed by atoms with E-state index in [0.29, 0.717) is 34.8 Å². The largest absolute Gasteiger partial charge is 0.492 e. The van der Waals surface area contributed by atoms with Crippen molar-refractivity contribution in [2.75, 3.05) is 17.7 Å². The number of thioether (sulfide) groups is 1. The van der Waals surface area contributed by atoms with Gasteiger partial charge in [-0.25, -0.2) is 0 Å². The minimum atomic E-state index is -0.158. The summed E-state index contributed by atoms with van der Waals surface area (Å²) in [5, 5.41) is 12.1. The zero-order valence-electron chi connectivity index (χ0n) is 16.3. The summed E-state index contributed by atoms with van der Waals surface area (Å²) in [6, 6.07) is 20.7. The number of benzene rings is 2. The average Bonchev–Trinajstić information content (AvgIpc) is 3.44. The first-order chi connectivity index (χ1) is 14.8. The lowest BCUT2D eigenvalue weighted by atomic mass is 10.3. The molecule has 0 aliphatic carbocycles. The van der Waals surface area contributed by atoms with E-state index < -0.39 is 0 Å². The van der Waals surface area contributed by atoms with Gasteiger partial charge >= 0.3 is 0 Å². The van der Waals surface area contributed by atoms with Crippen molar-refractivity contribution in [1.29, 1.82) is 0 Å². The Balaban J connectivity index is 1.53. The third-order valence-corrected chi connectivity index (χ3v) is 5.11. The van der Waals surface area contributed by atoms with Crippen LogP contribution in [0.25, 0.3) is 17.3 Å². The summed E-state index contributed by atoms with van der Waals surface area (Å²) in [5.74, 6) is 1.84. The van der Waals surface area contributed by atoms with E-state index in [1.807, 2.05) is 72.2 Å². The van der Waals surface area contributed by atoms with Crippen LogP contribution in [0.5, 0.6) is 5.75 Å². The first kappa shape index (κ1) is 19.8. The summed E-state index contributed by atoms with van der Waals surface area (Å²) in [4.78, 5) is 12.6. The fourth-order valence-corrected chi connectivity index (χ4v) is 3.66. The lowest BCUT2D eigenvalue weighted by Gasteiger charge is -2.11. The van der Waals surface area contributed by atoms with Crippen molar-refractivity contribution in [2.24, 2.45) is 0 Å². The minimum absolute atomic E-state index is 0.158. The van der Waals surface area contributed by atoms with Crippen molar-refractivity contribution in [3.8, 4) is 23.0 Å². The van der Waals surface area contributed by atoms with E-state index in [4.69, 9.17) is 9.15 Å². The molecule has 30 heavy (non-hydrogen) atoms. The molecule has 0 saturated carbocycles. The highest BCUT2D eigenvalue weighted by Gasteiger charge is 2.19. The number of anilines is 1. The quantitative estimate of drug-likeness (QED) is 0.418. The van der Waals surface area contributed by atoms with Crippen LogP contribution in [0.1, 0.15) is 6.92 Å². The number of amides is 1. The topological polar surface area (TPSA) is 82.2 Å². The summed E-state index contributed by atoms with van der Waals surface area (Å²) in [6.45, 7) is 2.43. The second kappa shape index (κ2) is 9.32. The van der Waals surface area contributed by atoms with Crippen LogP contribution in [0.2, 0.25) is 0 Å². The summed E-state index contributed by atoms with van der Waals surface area (Å²) >= 11 is 1.30. The molecule has 0 fully saturated rings. The molecular weight excluding hydrogens is 400 g/mol. The van der Waals surface area contributed by atoms with Gasteiger partial charge in [-0.15, -0.1) is 10.2 Å². The number of carbonyl (C=O) groups excluding carboxylic acids is 1. The third kappa shape index (κ3) is 4.38. The van der Waals surface area contributed by atoms with Crippen molar-refractivity contribution in [3.05, 3.63) is 73.0 Å². The second-order valence-electron chi connectivity index (χ2n) is 6.22. The maximum absolute atomic E-state index is 12.6. The van der Waals surface area contributed by atoms with E-state index >= 15 is 0 Å². The predicted molar refractivity (Wildman–Crippen MR) is 116 cm³/mol. The maximum Gasteiger partial charge on any atom is 0.234 e. The molecule has 0 spiro atoms. The SMILES string of the molecule is CCOc1ccccc1NC(=O)CSc1nnc(-c2ccco2)n1-c1ccccc1. The summed E-state index contributed by atoms with van der Waals surface area (Å²) in [5.41, 5.74) is 1.53. The van der Waals surface area contributed by atoms with Crippen LogP contribution < -0.4 is 10.1 Å². The van der Waals surface area contributed by atoms with Crippen LogP contribution in [-0.4, -0.2) is 33.0 Å². The molecule has 0 aliphatic rings. The van der Waals surface area contributed by atoms with Gasteiger partial charge in [0, 0.05) is 5.69 Å². The number of hydrogen-bond acceptors (Lipinski definition) is 6. The van der Waals surface area contributed by atoms with Crippen molar-refractivity contribution in [1.82, 2.24) is 14.8 Å². The van der Waals surface area contributed by atoms with Crippen molar-refractivity contribution < 1.29 is 13.9 Å².